The molecule has 2 amide bonds. The molecule has 0 saturated carbocycles. The molecular formula is C37H42N4O5. The highest BCUT2D eigenvalue weighted by molar-refractivity contribution is 6.00. The maximum absolute atomic E-state index is 11.8. The Kier molecular flexibility index (Phi) is 10.9. The number of hydrogen-bond donors (Lipinski definition) is 1. The number of ether oxygens (including phenoxy) is 2. The predicted octanol–water partition coefficient (Wildman–Crippen LogP) is 7.11. The van der Waals surface area contributed by atoms with Crippen molar-refractivity contribution >= 4 is 34.0 Å². The van der Waals surface area contributed by atoms with Crippen molar-refractivity contribution in [2.45, 2.75) is 38.8 Å². The molecule has 1 aliphatic rings. The lowest BCUT2D eigenvalue weighted by Crippen LogP contribution is -2.33. The van der Waals surface area contributed by atoms with Crippen molar-refractivity contribution in [2.24, 2.45) is 0 Å². The Bertz CT molecular complexity index is 1690. The van der Waals surface area contributed by atoms with Crippen LogP contribution in [0.2, 0.25) is 0 Å². The zero-order valence-corrected chi connectivity index (χ0v) is 26.8. The van der Waals surface area contributed by atoms with Gasteiger partial charge in [0.15, 0.2) is 6.23 Å². The first-order valence-corrected chi connectivity index (χ1v) is 15.8. The van der Waals surface area contributed by atoms with E-state index in [0.29, 0.717) is 5.75 Å². The molecule has 0 aliphatic carbocycles. The number of fused-ring (bicyclic) bond motifs is 1. The summed E-state index contributed by atoms with van der Waals surface area (Å²) in [5, 5.41) is 15.4. The van der Waals surface area contributed by atoms with E-state index in [1.807, 2.05) is 29.1 Å². The Balaban J connectivity index is 1.38. The average molecular weight is 623 g/mol. The largest absolute Gasteiger partial charge is 0.492 e. The van der Waals surface area contributed by atoms with Crippen molar-refractivity contribution in [2.75, 3.05) is 40.4 Å². The SMILES string of the molecule is CC/C(=C(/c1ccc(OCCN(C/C=C/C(=O)N(C)C)C(=O)O)cc1)c1ccc2c(cnn2C2CCCCO2)c1)c1ccccc1. The third kappa shape index (κ3) is 7.84. The average Bonchev–Trinajstić information content (AvgIpc) is 3.51. The molecule has 240 valence electrons. The van der Waals surface area contributed by atoms with Crippen molar-refractivity contribution in [3.8, 4) is 5.75 Å². The van der Waals surface area contributed by atoms with E-state index >= 15 is 0 Å². The number of likely N-dealkylation sites (N-methyl/N-ethyl adjacent to an activating group) is 1. The Morgan fingerprint density at radius 2 is 1.78 bits per heavy atom. The van der Waals surface area contributed by atoms with Gasteiger partial charge in [-0.05, 0) is 77.8 Å². The second kappa shape index (κ2) is 15.4. The van der Waals surface area contributed by atoms with Gasteiger partial charge in [0.25, 0.3) is 0 Å². The zero-order chi connectivity index (χ0) is 32.5. The smallest absolute Gasteiger partial charge is 0.407 e. The van der Waals surface area contributed by atoms with Crippen LogP contribution in [0.15, 0.2) is 91.1 Å². The highest BCUT2D eigenvalue weighted by Crippen LogP contribution is 2.37. The number of allylic oxidation sites excluding steroid dienone is 1. The highest BCUT2D eigenvalue weighted by Gasteiger charge is 2.20. The van der Waals surface area contributed by atoms with Gasteiger partial charge in [-0.15, -0.1) is 0 Å². The molecule has 1 aliphatic heterocycles. The molecule has 4 aromatic rings. The summed E-state index contributed by atoms with van der Waals surface area (Å²) in [7, 11) is 3.29. The van der Waals surface area contributed by atoms with Crippen molar-refractivity contribution in [1.82, 2.24) is 19.6 Å². The van der Waals surface area contributed by atoms with Gasteiger partial charge in [0.05, 0.1) is 18.3 Å². The molecule has 2 heterocycles. The van der Waals surface area contributed by atoms with Gasteiger partial charge < -0.3 is 24.4 Å². The fourth-order valence-electron chi connectivity index (χ4n) is 5.72. The molecule has 5 rings (SSSR count). The maximum Gasteiger partial charge on any atom is 0.407 e. The first-order chi connectivity index (χ1) is 22.4. The van der Waals surface area contributed by atoms with Gasteiger partial charge >= 0.3 is 6.09 Å². The van der Waals surface area contributed by atoms with E-state index in [4.69, 9.17) is 14.6 Å². The van der Waals surface area contributed by atoms with Crippen LogP contribution in [0.5, 0.6) is 5.75 Å². The first-order valence-electron chi connectivity index (χ1n) is 15.8. The number of aromatic nitrogens is 2. The predicted molar refractivity (Wildman–Crippen MR) is 181 cm³/mol. The fourth-order valence-corrected chi connectivity index (χ4v) is 5.72. The summed E-state index contributed by atoms with van der Waals surface area (Å²) in [5.41, 5.74) is 6.75. The molecule has 9 heteroatoms. The third-order valence-corrected chi connectivity index (χ3v) is 8.16. The Hall–Kier alpha value is -4.89. The second-order valence-corrected chi connectivity index (χ2v) is 11.5. The number of nitrogens with zero attached hydrogens (tertiary/aromatic N) is 4. The Morgan fingerprint density at radius 3 is 2.46 bits per heavy atom. The molecule has 9 nitrogen and oxygen atoms in total. The number of carboxylic acid groups (broad SMARTS) is 1. The van der Waals surface area contributed by atoms with Crippen LogP contribution in [-0.2, 0) is 9.53 Å². The van der Waals surface area contributed by atoms with Gasteiger partial charge in [-0.2, -0.15) is 5.10 Å². The van der Waals surface area contributed by atoms with Crippen LogP contribution in [0.4, 0.5) is 4.79 Å². The number of hydrogen-bond acceptors (Lipinski definition) is 5. The number of rotatable bonds is 12. The Labute approximate surface area is 270 Å². The van der Waals surface area contributed by atoms with Crippen molar-refractivity contribution < 1.29 is 24.2 Å². The molecule has 0 spiro atoms. The maximum atomic E-state index is 11.8. The van der Waals surface area contributed by atoms with Crippen LogP contribution in [0, 0.1) is 0 Å². The molecule has 1 atom stereocenters. The van der Waals surface area contributed by atoms with Crippen molar-refractivity contribution in [3.05, 3.63) is 108 Å². The molecule has 3 aromatic carbocycles. The van der Waals surface area contributed by atoms with E-state index in [-0.39, 0.29) is 31.8 Å². The Morgan fingerprint density at radius 1 is 1.02 bits per heavy atom. The summed E-state index contributed by atoms with van der Waals surface area (Å²) in [6, 6.07) is 24.9. The third-order valence-electron chi connectivity index (χ3n) is 8.16. The van der Waals surface area contributed by atoms with Crippen molar-refractivity contribution in [1.29, 1.82) is 0 Å². The molecule has 1 saturated heterocycles. The molecule has 1 fully saturated rings. The lowest BCUT2D eigenvalue weighted by atomic mass is 9.88. The fraction of sp³-hybridized carbons (Fsp3) is 0.324. The van der Waals surface area contributed by atoms with E-state index in [1.165, 1.54) is 27.0 Å². The minimum absolute atomic E-state index is 0.0264. The quantitative estimate of drug-likeness (QED) is 0.134. The zero-order valence-electron chi connectivity index (χ0n) is 26.8. The minimum atomic E-state index is -1.07. The second-order valence-electron chi connectivity index (χ2n) is 11.5. The van der Waals surface area contributed by atoms with Crippen molar-refractivity contribution in [3.63, 3.8) is 0 Å². The minimum Gasteiger partial charge on any atom is -0.492 e. The standard InChI is InChI=1S/C37H42N4O5/c1-4-32(27-11-6-5-7-12-27)36(29-17-20-33-30(25-29)26-38-41(33)35-14-8-9-23-46-35)28-15-18-31(19-16-28)45-24-22-40(37(43)44)21-10-13-34(42)39(2)3/h5-7,10-13,15-20,25-26,35H,4,8-9,14,21-24H2,1-3H3,(H,43,44)/b13-10+,36-32+. The van der Waals surface area contributed by atoms with Gasteiger partial charge in [0.2, 0.25) is 5.91 Å². The summed E-state index contributed by atoms with van der Waals surface area (Å²) in [5.74, 6) is 0.450. The molecule has 0 radical (unpaired) electrons. The van der Waals surface area contributed by atoms with Gasteiger partial charge in [0, 0.05) is 38.7 Å². The van der Waals surface area contributed by atoms with Gasteiger partial charge in [-0.3, -0.25) is 4.79 Å². The van der Waals surface area contributed by atoms with Crippen LogP contribution in [0.1, 0.15) is 55.5 Å². The van der Waals surface area contributed by atoms with E-state index in [1.54, 1.807) is 20.2 Å². The van der Waals surface area contributed by atoms with Crippen LogP contribution >= 0.6 is 0 Å². The van der Waals surface area contributed by atoms with Gasteiger partial charge in [-0.25, -0.2) is 9.48 Å². The monoisotopic (exact) mass is 622 g/mol. The molecule has 0 bridgehead atoms. The molecule has 46 heavy (non-hydrogen) atoms. The van der Waals surface area contributed by atoms with E-state index in [2.05, 4.69) is 61.5 Å². The van der Waals surface area contributed by atoms with E-state index in [0.717, 1.165) is 59.9 Å². The summed E-state index contributed by atoms with van der Waals surface area (Å²) in [6.07, 6.45) is 7.78. The number of amides is 2. The van der Waals surface area contributed by atoms with Gasteiger partial charge in [-0.1, -0.05) is 61.5 Å². The molecule has 1 unspecified atom stereocenters. The summed E-state index contributed by atoms with van der Waals surface area (Å²) < 4.78 is 14.0. The number of carbonyl (C=O) groups is 2. The molecule has 1 aromatic heterocycles. The van der Waals surface area contributed by atoms with E-state index < -0.39 is 6.09 Å². The van der Waals surface area contributed by atoms with Gasteiger partial charge in [0.1, 0.15) is 12.4 Å². The highest BCUT2D eigenvalue weighted by atomic mass is 16.5. The topological polar surface area (TPSA) is 97.1 Å². The normalized spacial score (nSPS) is 15.5. The van der Waals surface area contributed by atoms with Crippen LogP contribution in [0.25, 0.3) is 22.0 Å². The molecule has 1 N–H and O–H groups in total. The summed E-state index contributed by atoms with van der Waals surface area (Å²) >= 11 is 0. The summed E-state index contributed by atoms with van der Waals surface area (Å²) in [6.45, 7) is 3.38. The molecular weight excluding hydrogens is 580 g/mol. The summed E-state index contributed by atoms with van der Waals surface area (Å²) in [4.78, 5) is 26.1. The van der Waals surface area contributed by atoms with E-state index in [9.17, 15) is 14.7 Å². The number of benzene rings is 3. The number of carbonyl (C=O) groups excluding carboxylic acids is 1. The van der Waals surface area contributed by atoms with Crippen LogP contribution < -0.4 is 4.74 Å². The van der Waals surface area contributed by atoms with Crippen LogP contribution in [-0.4, -0.2) is 77.1 Å². The lowest BCUT2D eigenvalue weighted by molar-refractivity contribution is -0.123. The first kappa shape index (κ1) is 32.5. The van der Waals surface area contributed by atoms with Crippen LogP contribution in [0.3, 0.4) is 0 Å². The lowest BCUT2D eigenvalue weighted by Gasteiger charge is -2.23.